The van der Waals surface area contributed by atoms with Crippen LogP contribution < -0.4 is 20.9 Å². The molecule has 0 saturated carbocycles. The zero-order chi connectivity index (χ0) is 14.7. The van der Waals surface area contributed by atoms with Crippen molar-refractivity contribution in [2.24, 2.45) is 5.84 Å². The highest BCUT2D eigenvalue weighted by Gasteiger charge is 2.18. The number of hydrazine groups is 1. The first-order valence-corrected chi connectivity index (χ1v) is 6.97. The molecule has 1 aliphatic rings. The summed E-state index contributed by atoms with van der Waals surface area (Å²) >= 11 is 0. The largest absolute Gasteiger partial charge is 0.424 e. The lowest BCUT2D eigenvalue weighted by Gasteiger charge is -2.16. The molecule has 1 aromatic carbocycles. The first-order chi connectivity index (χ1) is 10.2. The molecule has 0 unspecified atom stereocenters. The van der Waals surface area contributed by atoms with E-state index in [4.69, 9.17) is 10.6 Å². The van der Waals surface area contributed by atoms with Crippen molar-refractivity contribution in [1.29, 1.82) is 0 Å². The Hall–Kier alpha value is -2.41. The molecule has 7 nitrogen and oxygen atoms in total. The average molecular weight is 286 g/mol. The van der Waals surface area contributed by atoms with Gasteiger partial charge in [-0.25, -0.2) is 5.84 Å². The van der Waals surface area contributed by atoms with E-state index in [0.717, 1.165) is 31.5 Å². The van der Waals surface area contributed by atoms with Crippen LogP contribution in [0.4, 0.5) is 11.9 Å². The predicted octanol–water partition coefficient (Wildman–Crippen LogP) is 1.86. The van der Waals surface area contributed by atoms with Crippen molar-refractivity contribution in [1.82, 2.24) is 15.0 Å². The van der Waals surface area contributed by atoms with Gasteiger partial charge in [-0.3, -0.25) is 5.43 Å². The van der Waals surface area contributed by atoms with Crippen LogP contribution in [-0.4, -0.2) is 28.0 Å². The summed E-state index contributed by atoms with van der Waals surface area (Å²) in [6, 6.07) is 7.96. The molecule has 0 amide bonds. The molecule has 7 heteroatoms. The number of nitrogens with zero attached hydrogens (tertiary/aromatic N) is 4. The number of hydrogen-bond acceptors (Lipinski definition) is 7. The summed E-state index contributed by atoms with van der Waals surface area (Å²) in [6.07, 6.45) is 2.29. The lowest BCUT2D eigenvalue weighted by Crippen LogP contribution is -2.22. The molecule has 1 fully saturated rings. The van der Waals surface area contributed by atoms with Crippen LogP contribution in [0.2, 0.25) is 0 Å². The average Bonchev–Trinajstić information content (AvgIpc) is 3.01. The SMILES string of the molecule is Cc1cccc(Oc2nc(NN)nc(N3CCCC3)n2)c1. The minimum Gasteiger partial charge on any atom is -0.424 e. The maximum Gasteiger partial charge on any atom is 0.328 e. The van der Waals surface area contributed by atoms with E-state index in [1.807, 2.05) is 31.2 Å². The topological polar surface area (TPSA) is 89.2 Å². The lowest BCUT2D eigenvalue weighted by molar-refractivity contribution is 0.440. The Morgan fingerprint density at radius 3 is 2.71 bits per heavy atom. The maximum absolute atomic E-state index is 5.72. The van der Waals surface area contributed by atoms with Crippen molar-refractivity contribution in [2.45, 2.75) is 19.8 Å². The Bertz CT molecular complexity index is 627. The Balaban J connectivity index is 1.88. The molecule has 0 bridgehead atoms. The third kappa shape index (κ3) is 3.19. The van der Waals surface area contributed by atoms with Gasteiger partial charge in [0, 0.05) is 13.1 Å². The van der Waals surface area contributed by atoms with E-state index in [1.54, 1.807) is 0 Å². The fourth-order valence-electron chi connectivity index (χ4n) is 2.30. The number of nitrogens with two attached hydrogens (primary N) is 1. The summed E-state index contributed by atoms with van der Waals surface area (Å²) in [6.45, 7) is 3.89. The first kappa shape index (κ1) is 13.6. The number of aromatic nitrogens is 3. The molecule has 110 valence electrons. The summed E-state index contributed by atoms with van der Waals surface area (Å²) in [5.74, 6) is 7.01. The van der Waals surface area contributed by atoms with E-state index in [0.29, 0.717) is 17.6 Å². The molecule has 3 rings (SSSR count). The monoisotopic (exact) mass is 286 g/mol. The van der Waals surface area contributed by atoms with Gasteiger partial charge in [0.05, 0.1) is 0 Å². The summed E-state index contributed by atoms with van der Waals surface area (Å²) < 4.78 is 5.72. The number of nitrogens with one attached hydrogen (secondary N) is 1. The Morgan fingerprint density at radius 2 is 2.00 bits per heavy atom. The van der Waals surface area contributed by atoms with Crippen molar-refractivity contribution < 1.29 is 4.74 Å². The molecular weight excluding hydrogens is 268 g/mol. The molecule has 0 spiro atoms. The predicted molar refractivity (Wildman–Crippen MR) is 80.3 cm³/mol. The second-order valence-corrected chi connectivity index (χ2v) is 5.00. The van der Waals surface area contributed by atoms with Gasteiger partial charge in [0.15, 0.2) is 0 Å². The van der Waals surface area contributed by atoms with Gasteiger partial charge in [-0.1, -0.05) is 12.1 Å². The van der Waals surface area contributed by atoms with Crippen LogP contribution in [0.25, 0.3) is 0 Å². The van der Waals surface area contributed by atoms with Crippen molar-refractivity contribution in [2.75, 3.05) is 23.4 Å². The van der Waals surface area contributed by atoms with Crippen molar-refractivity contribution in [3.8, 4) is 11.8 Å². The van der Waals surface area contributed by atoms with Crippen molar-refractivity contribution >= 4 is 11.9 Å². The Labute approximate surface area is 123 Å². The third-order valence-corrected chi connectivity index (χ3v) is 3.32. The van der Waals surface area contributed by atoms with Crippen LogP contribution >= 0.6 is 0 Å². The van der Waals surface area contributed by atoms with E-state index in [1.165, 1.54) is 0 Å². The van der Waals surface area contributed by atoms with Crippen LogP contribution in [0.15, 0.2) is 24.3 Å². The zero-order valence-corrected chi connectivity index (χ0v) is 11.9. The van der Waals surface area contributed by atoms with Crippen LogP contribution in [0, 0.1) is 6.92 Å². The Morgan fingerprint density at radius 1 is 1.19 bits per heavy atom. The van der Waals surface area contributed by atoms with Crippen molar-refractivity contribution in [3.05, 3.63) is 29.8 Å². The minimum atomic E-state index is 0.241. The molecule has 0 aliphatic carbocycles. The van der Waals surface area contributed by atoms with Crippen molar-refractivity contribution in [3.63, 3.8) is 0 Å². The normalized spacial score (nSPS) is 14.3. The highest BCUT2D eigenvalue weighted by molar-refractivity contribution is 5.39. The highest BCUT2D eigenvalue weighted by atomic mass is 16.5. The van der Waals surface area contributed by atoms with Gasteiger partial charge < -0.3 is 9.64 Å². The minimum absolute atomic E-state index is 0.241. The van der Waals surface area contributed by atoms with E-state index in [2.05, 4.69) is 25.3 Å². The first-order valence-electron chi connectivity index (χ1n) is 6.97. The molecule has 1 saturated heterocycles. The maximum atomic E-state index is 5.72. The molecule has 0 atom stereocenters. The molecule has 2 aromatic rings. The van der Waals surface area contributed by atoms with Crippen LogP contribution in [0.3, 0.4) is 0 Å². The molecule has 0 radical (unpaired) electrons. The fourth-order valence-corrected chi connectivity index (χ4v) is 2.30. The lowest BCUT2D eigenvalue weighted by atomic mass is 10.2. The summed E-state index contributed by atoms with van der Waals surface area (Å²) in [5.41, 5.74) is 3.57. The van der Waals surface area contributed by atoms with Crippen LogP contribution in [-0.2, 0) is 0 Å². The number of rotatable bonds is 4. The number of anilines is 2. The zero-order valence-electron chi connectivity index (χ0n) is 11.9. The molecule has 3 N–H and O–H groups in total. The number of hydrogen-bond donors (Lipinski definition) is 2. The summed E-state index contributed by atoms with van der Waals surface area (Å²) in [5, 5.41) is 0. The van der Waals surface area contributed by atoms with Gasteiger partial charge >= 0.3 is 6.01 Å². The van der Waals surface area contributed by atoms with E-state index in [-0.39, 0.29) is 6.01 Å². The van der Waals surface area contributed by atoms with E-state index >= 15 is 0 Å². The molecule has 1 aliphatic heterocycles. The number of benzene rings is 1. The second-order valence-electron chi connectivity index (χ2n) is 5.00. The van der Waals surface area contributed by atoms with Gasteiger partial charge in [0.25, 0.3) is 0 Å². The van der Waals surface area contributed by atoms with Gasteiger partial charge in [0.1, 0.15) is 5.75 Å². The summed E-state index contributed by atoms with van der Waals surface area (Å²) in [7, 11) is 0. The van der Waals surface area contributed by atoms with Gasteiger partial charge in [-0.15, -0.1) is 0 Å². The molecule has 1 aromatic heterocycles. The summed E-state index contributed by atoms with van der Waals surface area (Å²) in [4.78, 5) is 14.9. The standard InChI is InChI=1S/C14H18N6O/c1-10-5-4-6-11(9-10)21-14-17-12(19-15)16-13(18-14)20-7-2-3-8-20/h4-6,9H,2-3,7-8,15H2,1H3,(H,16,17,18,19). The molecule has 21 heavy (non-hydrogen) atoms. The van der Waals surface area contributed by atoms with Crippen LogP contribution in [0.5, 0.6) is 11.8 Å². The second kappa shape index (κ2) is 5.92. The number of nitrogen functional groups attached to an aromatic ring is 1. The fraction of sp³-hybridized carbons (Fsp3) is 0.357. The Kier molecular flexibility index (Phi) is 3.83. The highest BCUT2D eigenvalue weighted by Crippen LogP contribution is 2.23. The van der Waals surface area contributed by atoms with Gasteiger partial charge in [-0.05, 0) is 37.5 Å². The van der Waals surface area contributed by atoms with E-state index < -0.39 is 0 Å². The number of aryl methyl sites for hydroxylation is 1. The smallest absolute Gasteiger partial charge is 0.328 e. The number of ether oxygens (including phenoxy) is 1. The van der Waals surface area contributed by atoms with Crippen LogP contribution in [0.1, 0.15) is 18.4 Å². The molecular formula is C14H18N6O. The van der Waals surface area contributed by atoms with Gasteiger partial charge in [0.2, 0.25) is 11.9 Å². The third-order valence-electron chi connectivity index (χ3n) is 3.32. The van der Waals surface area contributed by atoms with Gasteiger partial charge in [-0.2, -0.15) is 15.0 Å². The quantitative estimate of drug-likeness (QED) is 0.655. The van der Waals surface area contributed by atoms with E-state index in [9.17, 15) is 0 Å². The molecule has 2 heterocycles.